The van der Waals surface area contributed by atoms with E-state index < -0.39 is 0 Å². The molecule has 0 aliphatic heterocycles. The lowest BCUT2D eigenvalue weighted by Gasteiger charge is -1.81. The molecule has 0 spiro atoms. The Labute approximate surface area is 51.9 Å². The van der Waals surface area contributed by atoms with Crippen LogP contribution >= 0.6 is 0 Å². The van der Waals surface area contributed by atoms with Crippen molar-refractivity contribution in [1.29, 1.82) is 0 Å². The van der Waals surface area contributed by atoms with Gasteiger partial charge in [-0.3, -0.25) is 0 Å². The van der Waals surface area contributed by atoms with Gasteiger partial charge in [0.05, 0.1) is 0 Å². The molecule has 0 aromatic heterocycles. The van der Waals surface area contributed by atoms with Crippen LogP contribution in [0.5, 0.6) is 0 Å². The van der Waals surface area contributed by atoms with Gasteiger partial charge < -0.3 is 0 Å². The summed E-state index contributed by atoms with van der Waals surface area (Å²) in [5, 5.41) is 0. The van der Waals surface area contributed by atoms with E-state index in [1.54, 1.807) is 0 Å². The highest BCUT2D eigenvalue weighted by Gasteiger charge is 1.70. The monoisotopic (exact) mass is 109 g/mol. The van der Waals surface area contributed by atoms with Crippen LogP contribution in [0, 0.1) is 6.92 Å². The van der Waals surface area contributed by atoms with Gasteiger partial charge in [-0.2, -0.15) is 0 Å². The van der Waals surface area contributed by atoms with Gasteiger partial charge in [0, 0.05) is 0 Å². The quantitative estimate of drug-likeness (QED) is 0.386. The van der Waals surface area contributed by atoms with Gasteiger partial charge in [0.2, 0.25) is 0 Å². The number of unbranched alkanes of at least 4 members (excludes halogenated alkanes) is 1. The lowest BCUT2D eigenvalue weighted by molar-refractivity contribution is 1.05. The Balaban J connectivity index is 2.93. The lowest BCUT2D eigenvalue weighted by atomic mass is 10.3. The van der Waals surface area contributed by atoms with Crippen molar-refractivity contribution in [1.82, 2.24) is 0 Å². The van der Waals surface area contributed by atoms with Crippen LogP contribution in [0.25, 0.3) is 0 Å². The van der Waals surface area contributed by atoms with E-state index in [0.717, 1.165) is 12.8 Å². The van der Waals surface area contributed by atoms with Gasteiger partial charge in [-0.1, -0.05) is 24.3 Å². The minimum absolute atomic E-state index is 1.12. The summed E-state index contributed by atoms with van der Waals surface area (Å²) >= 11 is 0. The molecule has 0 N–H and O–H groups in total. The second kappa shape index (κ2) is 6.48. The van der Waals surface area contributed by atoms with E-state index in [2.05, 4.69) is 25.2 Å². The zero-order chi connectivity index (χ0) is 6.24. The molecule has 0 rings (SSSR count). The number of hydrogen-bond acceptors (Lipinski definition) is 0. The zero-order valence-electron chi connectivity index (χ0n) is 5.43. The molecule has 0 unspecified atom stereocenters. The van der Waals surface area contributed by atoms with Crippen molar-refractivity contribution in [2.45, 2.75) is 19.8 Å². The van der Waals surface area contributed by atoms with Gasteiger partial charge in [0.15, 0.2) is 0 Å². The van der Waals surface area contributed by atoms with E-state index >= 15 is 0 Å². The average Bonchev–Trinajstić information content (AvgIpc) is 1.81. The summed E-state index contributed by atoms with van der Waals surface area (Å²) in [6.45, 7) is 5.61. The second-order valence-electron chi connectivity index (χ2n) is 1.62. The smallest absolute Gasteiger partial charge is 0.0316 e. The van der Waals surface area contributed by atoms with Crippen molar-refractivity contribution in [3.05, 3.63) is 31.2 Å². The van der Waals surface area contributed by atoms with Gasteiger partial charge in [-0.25, -0.2) is 0 Å². The topological polar surface area (TPSA) is 0 Å². The standard InChI is InChI=1S/C8H13/c1-3-5-7-8-6-4-2/h3-6H,1,7-8H2,2H3/b5-3+,6-4+. The molecule has 0 aliphatic rings. The molecular formula is C8H13. The molecule has 0 bridgehead atoms. The maximum atomic E-state index is 3.58. The maximum Gasteiger partial charge on any atom is -0.0316 e. The Bertz CT molecular complexity index is 66.0. The van der Waals surface area contributed by atoms with Crippen molar-refractivity contribution < 1.29 is 0 Å². The van der Waals surface area contributed by atoms with E-state index in [1.807, 2.05) is 13.0 Å². The molecular weight excluding hydrogens is 96.1 g/mol. The van der Waals surface area contributed by atoms with Crippen LogP contribution < -0.4 is 0 Å². The first-order chi connectivity index (χ1) is 3.91. The molecule has 0 saturated heterocycles. The Morgan fingerprint density at radius 1 is 1.25 bits per heavy atom. The molecule has 0 heteroatoms. The van der Waals surface area contributed by atoms with Gasteiger partial charge in [0.25, 0.3) is 0 Å². The van der Waals surface area contributed by atoms with Crippen molar-refractivity contribution >= 4 is 0 Å². The first kappa shape index (κ1) is 7.48. The van der Waals surface area contributed by atoms with Gasteiger partial charge in [0.1, 0.15) is 0 Å². The molecule has 0 heterocycles. The minimum atomic E-state index is 1.12. The predicted octanol–water partition coefficient (Wildman–Crippen LogP) is 2.73. The van der Waals surface area contributed by atoms with Gasteiger partial charge in [-0.15, -0.1) is 0 Å². The van der Waals surface area contributed by atoms with E-state index in [4.69, 9.17) is 0 Å². The van der Waals surface area contributed by atoms with E-state index in [0.29, 0.717) is 0 Å². The van der Waals surface area contributed by atoms with Crippen LogP contribution in [0.2, 0.25) is 0 Å². The van der Waals surface area contributed by atoms with E-state index in [-0.39, 0.29) is 0 Å². The first-order valence-corrected chi connectivity index (χ1v) is 2.97. The van der Waals surface area contributed by atoms with Crippen molar-refractivity contribution in [3.8, 4) is 0 Å². The van der Waals surface area contributed by atoms with Crippen LogP contribution in [0.15, 0.2) is 24.3 Å². The lowest BCUT2D eigenvalue weighted by Crippen LogP contribution is -1.60. The Morgan fingerprint density at radius 2 is 1.88 bits per heavy atom. The van der Waals surface area contributed by atoms with E-state index in [9.17, 15) is 0 Å². The maximum absolute atomic E-state index is 3.58. The molecule has 45 valence electrons. The molecule has 0 fully saturated rings. The van der Waals surface area contributed by atoms with Crippen molar-refractivity contribution in [3.63, 3.8) is 0 Å². The van der Waals surface area contributed by atoms with Crippen LogP contribution in [0.4, 0.5) is 0 Å². The largest absolute Gasteiger partial charge is 0.0917 e. The summed E-state index contributed by atoms with van der Waals surface area (Å²) in [6, 6.07) is 0. The fraction of sp³-hybridized carbons (Fsp3) is 0.375. The predicted molar refractivity (Wildman–Crippen MR) is 38.5 cm³/mol. The molecule has 0 aromatic rings. The van der Waals surface area contributed by atoms with Crippen molar-refractivity contribution in [2.75, 3.05) is 0 Å². The molecule has 0 amide bonds. The SMILES string of the molecule is [CH2]/C=C/CC/C=C/C. The van der Waals surface area contributed by atoms with Crippen LogP contribution in [0.3, 0.4) is 0 Å². The second-order valence-corrected chi connectivity index (χ2v) is 1.62. The van der Waals surface area contributed by atoms with Crippen LogP contribution in [-0.4, -0.2) is 0 Å². The van der Waals surface area contributed by atoms with Gasteiger partial charge in [-0.05, 0) is 26.7 Å². The number of allylic oxidation sites excluding steroid dienone is 4. The molecule has 0 saturated carbocycles. The molecule has 0 nitrogen and oxygen atoms in total. The highest BCUT2D eigenvalue weighted by Crippen LogP contribution is 1.90. The molecule has 0 aromatic carbocycles. The molecule has 1 radical (unpaired) electrons. The molecule has 0 atom stereocenters. The molecule has 8 heavy (non-hydrogen) atoms. The average molecular weight is 109 g/mol. The fourth-order valence-electron chi connectivity index (χ4n) is 0.477. The first-order valence-electron chi connectivity index (χ1n) is 2.97. The Hall–Kier alpha value is -0.520. The summed E-state index contributed by atoms with van der Waals surface area (Å²) in [6.07, 6.45) is 10.4. The summed E-state index contributed by atoms with van der Waals surface area (Å²) < 4.78 is 0. The summed E-state index contributed by atoms with van der Waals surface area (Å²) in [7, 11) is 0. The van der Waals surface area contributed by atoms with Crippen molar-refractivity contribution in [2.24, 2.45) is 0 Å². The van der Waals surface area contributed by atoms with Crippen LogP contribution in [0.1, 0.15) is 19.8 Å². The van der Waals surface area contributed by atoms with Crippen LogP contribution in [-0.2, 0) is 0 Å². The number of hydrogen-bond donors (Lipinski definition) is 0. The fourth-order valence-corrected chi connectivity index (χ4v) is 0.477. The Morgan fingerprint density at radius 3 is 2.38 bits per heavy atom. The summed E-state index contributed by atoms with van der Waals surface area (Å²) in [5.41, 5.74) is 0. The third kappa shape index (κ3) is 5.48. The summed E-state index contributed by atoms with van der Waals surface area (Å²) in [5.74, 6) is 0. The highest BCUT2D eigenvalue weighted by atomic mass is 13.8. The van der Waals surface area contributed by atoms with E-state index in [1.165, 1.54) is 0 Å². The Kier molecular flexibility index (Phi) is 6.06. The zero-order valence-corrected chi connectivity index (χ0v) is 5.43. The number of rotatable bonds is 3. The normalized spacial score (nSPS) is 11.8. The summed E-state index contributed by atoms with van der Waals surface area (Å²) in [4.78, 5) is 0. The van der Waals surface area contributed by atoms with Gasteiger partial charge >= 0.3 is 0 Å². The minimum Gasteiger partial charge on any atom is -0.0917 e. The molecule has 0 aliphatic carbocycles. The third-order valence-electron chi connectivity index (χ3n) is 0.902. The highest BCUT2D eigenvalue weighted by molar-refractivity contribution is 4.87. The third-order valence-corrected chi connectivity index (χ3v) is 0.902.